The van der Waals surface area contributed by atoms with Gasteiger partial charge in [0.2, 0.25) is 0 Å². The van der Waals surface area contributed by atoms with Crippen LogP contribution in [-0.2, 0) is 6.42 Å². The first-order valence-corrected chi connectivity index (χ1v) is 7.82. The molecule has 0 spiro atoms. The summed E-state index contributed by atoms with van der Waals surface area (Å²) in [6.45, 7) is 4.57. The maximum atomic E-state index is 3.59. The number of benzene rings is 1. The number of anilines is 1. The van der Waals surface area contributed by atoms with Crippen LogP contribution in [0.4, 0.5) is 5.69 Å². The quantitative estimate of drug-likeness (QED) is 0.834. The van der Waals surface area contributed by atoms with Gasteiger partial charge in [0.05, 0.1) is 0 Å². The van der Waals surface area contributed by atoms with Gasteiger partial charge >= 0.3 is 0 Å². The molecule has 0 bridgehead atoms. The number of hydrogen-bond donors (Lipinski definition) is 1. The van der Waals surface area contributed by atoms with E-state index in [2.05, 4.69) is 48.5 Å². The molecular formula is C17H28N2. The van der Waals surface area contributed by atoms with Crippen molar-refractivity contribution >= 4 is 5.69 Å². The fraction of sp³-hybridized carbons (Fsp3) is 0.647. The Kier molecular flexibility index (Phi) is 5.71. The van der Waals surface area contributed by atoms with Crippen LogP contribution in [0.2, 0.25) is 0 Å². The number of unbranched alkanes of at least 4 members (excludes halogenated alkanes) is 1. The molecule has 1 aliphatic rings. The van der Waals surface area contributed by atoms with Gasteiger partial charge in [-0.25, -0.2) is 0 Å². The van der Waals surface area contributed by atoms with Gasteiger partial charge in [0.1, 0.15) is 0 Å². The van der Waals surface area contributed by atoms with Crippen LogP contribution in [-0.4, -0.2) is 31.1 Å². The van der Waals surface area contributed by atoms with Crippen molar-refractivity contribution in [1.29, 1.82) is 0 Å². The summed E-state index contributed by atoms with van der Waals surface area (Å²) >= 11 is 0. The molecule has 106 valence electrons. The summed E-state index contributed by atoms with van der Waals surface area (Å²) in [5.41, 5.74) is 2.72. The number of rotatable bonds is 6. The number of piperidine rings is 1. The second kappa shape index (κ2) is 7.54. The Morgan fingerprint density at radius 2 is 2.00 bits per heavy atom. The zero-order valence-electron chi connectivity index (χ0n) is 12.5. The molecule has 0 saturated carbocycles. The van der Waals surface area contributed by atoms with E-state index in [9.17, 15) is 0 Å². The van der Waals surface area contributed by atoms with E-state index >= 15 is 0 Å². The first-order valence-electron chi connectivity index (χ1n) is 7.82. The maximum Gasteiger partial charge on any atom is 0.0340 e. The lowest BCUT2D eigenvalue weighted by Crippen LogP contribution is -2.40. The van der Waals surface area contributed by atoms with Gasteiger partial charge in [0.25, 0.3) is 0 Å². The third-order valence-electron chi connectivity index (χ3n) is 4.24. The van der Waals surface area contributed by atoms with Gasteiger partial charge < -0.3 is 10.2 Å². The number of nitrogens with zero attached hydrogens (tertiary/aromatic N) is 1. The second-order valence-corrected chi connectivity index (χ2v) is 5.81. The molecule has 19 heavy (non-hydrogen) atoms. The van der Waals surface area contributed by atoms with Crippen molar-refractivity contribution in [2.24, 2.45) is 0 Å². The minimum atomic E-state index is 0.702. The second-order valence-electron chi connectivity index (χ2n) is 5.81. The third-order valence-corrected chi connectivity index (χ3v) is 4.24. The van der Waals surface area contributed by atoms with E-state index in [1.807, 2.05) is 0 Å². The fourth-order valence-electron chi connectivity index (χ4n) is 2.81. The third kappa shape index (κ3) is 4.54. The fourth-order valence-corrected chi connectivity index (χ4v) is 2.81. The Morgan fingerprint density at radius 1 is 1.21 bits per heavy atom. The van der Waals surface area contributed by atoms with Gasteiger partial charge in [-0.2, -0.15) is 0 Å². The van der Waals surface area contributed by atoms with Crippen molar-refractivity contribution < 1.29 is 0 Å². The molecule has 1 unspecified atom stereocenters. The van der Waals surface area contributed by atoms with Crippen molar-refractivity contribution in [3.8, 4) is 0 Å². The highest BCUT2D eigenvalue weighted by molar-refractivity contribution is 5.44. The van der Waals surface area contributed by atoms with Crippen LogP contribution in [0.25, 0.3) is 0 Å². The summed E-state index contributed by atoms with van der Waals surface area (Å²) < 4.78 is 0. The normalized spacial score (nSPS) is 20.4. The minimum absolute atomic E-state index is 0.702. The van der Waals surface area contributed by atoms with Crippen molar-refractivity contribution in [3.63, 3.8) is 0 Å². The summed E-state index contributed by atoms with van der Waals surface area (Å²) in [7, 11) is 2.25. The monoisotopic (exact) mass is 260 g/mol. The van der Waals surface area contributed by atoms with Gasteiger partial charge in [-0.1, -0.05) is 31.9 Å². The predicted molar refractivity (Wildman–Crippen MR) is 83.8 cm³/mol. The Bertz CT molecular complexity index is 358. The molecule has 0 aliphatic carbocycles. The first kappa shape index (κ1) is 14.4. The van der Waals surface area contributed by atoms with Gasteiger partial charge in [-0.3, -0.25) is 0 Å². The molecule has 1 aliphatic heterocycles. The van der Waals surface area contributed by atoms with Gasteiger partial charge in [-0.05, 0) is 57.0 Å². The maximum absolute atomic E-state index is 3.59. The molecule has 2 heteroatoms. The zero-order valence-corrected chi connectivity index (χ0v) is 12.5. The lowest BCUT2D eigenvalue weighted by molar-refractivity contribution is 0.194. The molecule has 1 N–H and O–H groups in total. The predicted octanol–water partition coefficient (Wildman–Crippen LogP) is 3.93. The van der Waals surface area contributed by atoms with Crippen molar-refractivity contribution in [3.05, 3.63) is 29.8 Å². The number of likely N-dealkylation sites (N-methyl/N-ethyl adjacent to an activating group) is 1. The number of likely N-dealkylation sites (tertiary alicyclic amines) is 1. The van der Waals surface area contributed by atoms with Gasteiger partial charge in [-0.15, -0.1) is 0 Å². The van der Waals surface area contributed by atoms with Crippen LogP contribution in [0.1, 0.15) is 44.6 Å². The highest BCUT2D eigenvalue weighted by atomic mass is 15.2. The smallest absolute Gasteiger partial charge is 0.0340 e. The lowest BCUT2D eigenvalue weighted by Gasteiger charge is -2.32. The average molecular weight is 260 g/mol. The van der Waals surface area contributed by atoms with Crippen LogP contribution < -0.4 is 5.32 Å². The van der Waals surface area contributed by atoms with Crippen LogP contribution >= 0.6 is 0 Å². The van der Waals surface area contributed by atoms with E-state index in [1.54, 1.807) is 0 Å². The van der Waals surface area contributed by atoms with E-state index in [4.69, 9.17) is 0 Å². The highest BCUT2D eigenvalue weighted by Crippen LogP contribution is 2.17. The number of hydrogen-bond acceptors (Lipinski definition) is 2. The molecule has 1 aromatic carbocycles. The van der Waals surface area contributed by atoms with E-state index in [1.165, 1.54) is 56.3 Å². The minimum Gasteiger partial charge on any atom is -0.383 e. The average Bonchev–Trinajstić information content (AvgIpc) is 2.45. The van der Waals surface area contributed by atoms with E-state index in [0.717, 1.165) is 6.54 Å². The Hall–Kier alpha value is -1.02. The van der Waals surface area contributed by atoms with Crippen LogP contribution in [0.15, 0.2) is 24.3 Å². The van der Waals surface area contributed by atoms with Crippen molar-refractivity contribution in [2.75, 3.05) is 25.5 Å². The van der Waals surface area contributed by atoms with Gasteiger partial charge in [0, 0.05) is 18.3 Å². The summed E-state index contributed by atoms with van der Waals surface area (Å²) in [5, 5.41) is 3.59. The van der Waals surface area contributed by atoms with Crippen LogP contribution in [0.5, 0.6) is 0 Å². The number of nitrogens with one attached hydrogen (secondary N) is 1. The Morgan fingerprint density at radius 3 is 2.68 bits per heavy atom. The highest BCUT2D eigenvalue weighted by Gasteiger charge is 2.18. The van der Waals surface area contributed by atoms with E-state index < -0.39 is 0 Å². The summed E-state index contributed by atoms with van der Waals surface area (Å²) in [6.07, 6.45) is 7.85. The molecule has 1 heterocycles. The van der Waals surface area contributed by atoms with Crippen LogP contribution in [0, 0.1) is 0 Å². The zero-order chi connectivity index (χ0) is 13.5. The Balaban J connectivity index is 1.79. The van der Waals surface area contributed by atoms with Crippen molar-refractivity contribution in [2.45, 2.75) is 51.5 Å². The molecule has 2 rings (SSSR count). The molecule has 0 radical (unpaired) electrons. The molecular weight excluding hydrogens is 232 g/mol. The SMILES string of the molecule is CCCCc1ccc(NCC2CCCCN2C)cc1. The van der Waals surface area contributed by atoms with E-state index in [0.29, 0.717) is 6.04 Å². The summed E-state index contributed by atoms with van der Waals surface area (Å²) in [4.78, 5) is 2.49. The first-order chi connectivity index (χ1) is 9.29. The molecule has 0 aromatic heterocycles. The molecule has 1 saturated heterocycles. The molecule has 2 nitrogen and oxygen atoms in total. The summed E-state index contributed by atoms with van der Waals surface area (Å²) in [6, 6.07) is 9.70. The summed E-state index contributed by atoms with van der Waals surface area (Å²) in [5.74, 6) is 0. The standard InChI is InChI=1S/C17H28N2/c1-3-4-7-15-9-11-16(12-10-15)18-14-17-8-5-6-13-19(17)2/h9-12,17-18H,3-8,13-14H2,1-2H3. The van der Waals surface area contributed by atoms with E-state index in [-0.39, 0.29) is 0 Å². The topological polar surface area (TPSA) is 15.3 Å². The molecule has 1 atom stereocenters. The molecule has 0 amide bonds. The largest absolute Gasteiger partial charge is 0.383 e. The van der Waals surface area contributed by atoms with Gasteiger partial charge in [0.15, 0.2) is 0 Å². The number of aryl methyl sites for hydroxylation is 1. The Labute approximate surface area is 118 Å². The van der Waals surface area contributed by atoms with Crippen molar-refractivity contribution in [1.82, 2.24) is 4.90 Å². The molecule has 1 aromatic rings. The van der Waals surface area contributed by atoms with Crippen LogP contribution in [0.3, 0.4) is 0 Å². The lowest BCUT2D eigenvalue weighted by atomic mass is 10.0. The molecule has 1 fully saturated rings.